The molecule has 1 atom stereocenters. The highest BCUT2D eigenvalue weighted by atomic mass is 16.5. The molecule has 0 aliphatic rings. The summed E-state index contributed by atoms with van der Waals surface area (Å²) in [5, 5.41) is 13.7. The fourth-order valence-electron chi connectivity index (χ4n) is 3.47. The van der Waals surface area contributed by atoms with Crippen LogP contribution in [0.2, 0.25) is 0 Å². The smallest absolute Gasteiger partial charge is 0.504 e. The number of fused-ring (bicyclic) bond motifs is 5. The van der Waals surface area contributed by atoms with Gasteiger partial charge in [-0.3, -0.25) is 0 Å². The van der Waals surface area contributed by atoms with E-state index in [-0.39, 0.29) is 7.69 Å². The van der Waals surface area contributed by atoms with Gasteiger partial charge in [-0.2, -0.15) is 0 Å². The highest BCUT2D eigenvalue weighted by Crippen LogP contribution is 2.42. The fourth-order valence-corrected chi connectivity index (χ4v) is 3.47. The van der Waals surface area contributed by atoms with Crippen LogP contribution in [0.5, 0.6) is 5.75 Å². The van der Waals surface area contributed by atoms with Gasteiger partial charge in [-0.25, -0.2) is 0 Å². The first-order chi connectivity index (χ1) is 11.7. The first-order valence-corrected chi connectivity index (χ1v) is 8.35. The van der Waals surface area contributed by atoms with E-state index in [0.29, 0.717) is 17.3 Å². The Hall–Kier alpha value is -2.46. The Labute approximate surface area is 141 Å². The van der Waals surface area contributed by atoms with Crippen molar-refractivity contribution in [1.82, 2.24) is 0 Å². The van der Waals surface area contributed by atoms with Crippen LogP contribution in [-0.2, 0) is 0 Å². The predicted molar refractivity (Wildman–Crippen MR) is 99.9 cm³/mol. The molecule has 3 nitrogen and oxygen atoms in total. The molecular weight excluding hydrogens is 299 g/mol. The van der Waals surface area contributed by atoms with Crippen LogP contribution in [0.1, 0.15) is 31.7 Å². The zero-order valence-corrected chi connectivity index (χ0v) is 13.9. The molecule has 0 radical (unpaired) electrons. The Bertz CT molecular complexity index is 1040. The third-order valence-electron chi connectivity index (χ3n) is 4.87. The van der Waals surface area contributed by atoms with Crippen LogP contribution in [0, 0.1) is 0 Å². The third-order valence-corrected chi connectivity index (χ3v) is 4.87. The maximum Gasteiger partial charge on any atom is 0.504 e. The zero-order chi connectivity index (χ0) is 16.7. The molecule has 1 aromatic heterocycles. The topological polar surface area (TPSA) is 42.6 Å². The van der Waals surface area contributed by atoms with Crippen LogP contribution in [-0.4, -0.2) is 12.7 Å². The standard InChI is InChI=1S/C20H19BO3/c1-3-12(2)13-8-6-9-14-16(13)11-18(24-21-22)20-19(14)15-7-4-5-10-17(15)23-20/h4-12,21-22H,3H2,1-2H3. The third kappa shape index (κ3) is 2.18. The molecule has 1 N–H and O–H groups in total. The van der Waals surface area contributed by atoms with Gasteiger partial charge in [0, 0.05) is 10.8 Å². The predicted octanol–water partition coefficient (Wildman–Crippen LogP) is 4.89. The van der Waals surface area contributed by atoms with Gasteiger partial charge < -0.3 is 14.1 Å². The highest BCUT2D eigenvalue weighted by Gasteiger charge is 2.18. The van der Waals surface area contributed by atoms with E-state index in [1.165, 1.54) is 5.56 Å². The van der Waals surface area contributed by atoms with Gasteiger partial charge in [-0.1, -0.05) is 50.2 Å². The molecule has 1 heterocycles. The summed E-state index contributed by atoms with van der Waals surface area (Å²) in [6.45, 7) is 4.43. The number of hydrogen-bond donors (Lipinski definition) is 1. The van der Waals surface area contributed by atoms with Gasteiger partial charge in [0.05, 0.1) is 0 Å². The number of rotatable bonds is 4. The van der Waals surface area contributed by atoms with Crippen molar-refractivity contribution < 1.29 is 14.1 Å². The molecule has 0 aliphatic carbocycles. The van der Waals surface area contributed by atoms with Crippen molar-refractivity contribution >= 4 is 40.4 Å². The first kappa shape index (κ1) is 15.1. The molecule has 0 aliphatic heterocycles. The minimum atomic E-state index is -0.372. The van der Waals surface area contributed by atoms with Gasteiger partial charge in [0.15, 0.2) is 5.58 Å². The summed E-state index contributed by atoms with van der Waals surface area (Å²) in [6.07, 6.45) is 1.07. The Kier molecular flexibility index (Phi) is 3.70. The van der Waals surface area contributed by atoms with Gasteiger partial charge in [0.1, 0.15) is 11.3 Å². The second kappa shape index (κ2) is 5.88. The van der Waals surface area contributed by atoms with E-state index >= 15 is 0 Å². The van der Waals surface area contributed by atoms with Gasteiger partial charge in [-0.05, 0) is 40.8 Å². The summed E-state index contributed by atoms with van der Waals surface area (Å²) < 4.78 is 11.5. The van der Waals surface area contributed by atoms with Crippen LogP contribution < -0.4 is 4.65 Å². The summed E-state index contributed by atoms with van der Waals surface area (Å²) in [7, 11) is -0.372. The lowest BCUT2D eigenvalue weighted by molar-refractivity contribution is 0.451. The quantitative estimate of drug-likeness (QED) is 0.545. The lowest BCUT2D eigenvalue weighted by atomic mass is 9.91. The number of para-hydroxylation sites is 1. The molecule has 0 bridgehead atoms. The van der Waals surface area contributed by atoms with Crippen molar-refractivity contribution in [3.05, 3.63) is 54.1 Å². The molecule has 0 amide bonds. The number of furan rings is 1. The van der Waals surface area contributed by atoms with Crippen molar-refractivity contribution in [1.29, 1.82) is 0 Å². The molecule has 120 valence electrons. The largest absolute Gasteiger partial charge is 0.536 e. The zero-order valence-electron chi connectivity index (χ0n) is 13.9. The summed E-state index contributed by atoms with van der Waals surface area (Å²) in [4.78, 5) is 0. The molecule has 0 saturated carbocycles. The second-order valence-corrected chi connectivity index (χ2v) is 6.20. The average molecular weight is 318 g/mol. The van der Waals surface area contributed by atoms with Crippen LogP contribution in [0.4, 0.5) is 0 Å². The van der Waals surface area contributed by atoms with E-state index in [1.807, 2.05) is 24.3 Å². The summed E-state index contributed by atoms with van der Waals surface area (Å²) in [6, 6.07) is 16.4. The van der Waals surface area contributed by atoms with E-state index in [0.717, 1.165) is 33.5 Å². The fraction of sp³-hybridized carbons (Fsp3) is 0.200. The van der Waals surface area contributed by atoms with Gasteiger partial charge in [0.2, 0.25) is 0 Å². The van der Waals surface area contributed by atoms with Crippen molar-refractivity contribution in [2.75, 3.05) is 0 Å². The summed E-state index contributed by atoms with van der Waals surface area (Å²) in [5.74, 6) is 1.04. The molecule has 0 spiro atoms. The minimum Gasteiger partial charge on any atom is -0.536 e. The SMILES string of the molecule is CCC(C)c1cccc2c1cc(OBO)c1oc3ccccc3c12. The van der Waals surface area contributed by atoms with E-state index < -0.39 is 0 Å². The molecular formula is C20H19BO3. The van der Waals surface area contributed by atoms with Crippen molar-refractivity contribution in [3.63, 3.8) is 0 Å². The van der Waals surface area contributed by atoms with Crippen LogP contribution in [0.3, 0.4) is 0 Å². The molecule has 3 aromatic carbocycles. The van der Waals surface area contributed by atoms with Gasteiger partial charge in [0.25, 0.3) is 0 Å². The monoisotopic (exact) mass is 318 g/mol. The lowest BCUT2D eigenvalue weighted by Gasteiger charge is -2.14. The van der Waals surface area contributed by atoms with E-state index in [9.17, 15) is 5.02 Å². The highest BCUT2D eigenvalue weighted by molar-refractivity contribution is 6.23. The first-order valence-electron chi connectivity index (χ1n) is 8.35. The maximum absolute atomic E-state index is 9.29. The molecule has 4 rings (SSSR count). The molecule has 0 saturated heterocycles. The number of hydrogen-bond acceptors (Lipinski definition) is 3. The molecule has 4 aromatic rings. The normalized spacial score (nSPS) is 12.8. The Morgan fingerprint density at radius 1 is 1.08 bits per heavy atom. The average Bonchev–Trinajstić information content (AvgIpc) is 3.01. The number of benzene rings is 3. The molecule has 0 fully saturated rings. The van der Waals surface area contributed by atoms with Crippen molar-refractivity contribution in [3.8, 4) is 5.75 Å². The summed E-state index contributed by atoms with van der Waals surface area (Å²) >= 11 is 0. The van der Waals surface area contributed by atoms with E-state index in [2.05, 4.69) is 38.1 Å². The minimum absolute atomic E-state index is 0.372. The van der Waals surface area contributed by atoms with Crippen LogP contribution in [0.15, 0.2) is 52.9 Å². The molecule has 1 unspecified atom stereocenters. The Balaban J connectivity index is 2.20. The van der Waals surface area contributed by atoms with Crippen molar-refractivity contribution in [2.45, 2.75) is 26.2 Å². The lowest BCUT2D eigenvalue weighted by Crippen LogP contribution is -2.01. The summed E-state index contributed by atoms with van der Waals surface area (Å²) in [5.41, 5.74) is 2.82. The van der Waals surface area contributed by atoms with E-state index in [1.54, 1.807) is 0 Å². The van der Waals surface area contributed by atoms with Crippen LogP contribution >= 0.6 is 0 Å². The Morgan fingerprint density at radius 2 is 1.88 bits per heavy atom. The Morgan fingerprint density at radius 3 is 2.67 bits per heavy atom. The van der Waals surface area contributed by atoms with Crippen LogP contribution in [0.25, 0.3) is 32.7 Å². The van der Waals surface area contributed by atoms with E-state index in [4.69, 9.17) is 9.07 Å². The van der Waals surface area contributed by atoms with Gasteiger partial charge >= 0.3 is 7.69 Å². The van der Waals surface area contributed by atoms with Gasteiger partial charge in [-0.15, -0.1) is 0 Å². The second-order valence-electron chi connectivity index (χ2n) is 6.20. The maximum atomic E-state index is 9.29. The van der Waals surface area contributed by atoms with Crippen molar-refractivity contribution in [2.24, 2.45) is 0 Å². The molecule has 24 heavy (non-hydrogen) atoms. The molecule has 4 heteroatoms.